The zero-order chi connectivity index (χ0) is 16.9. The average molecular weight is 357 g/mol. The normalized spacial score (nSPS) is 12.2. The van der Waals surface area contributed by atoms with Crippen molar-refractivity contribution in [1.82, 2.24) is 9.36 Å². The Bertz CT molecular complexity index is 823. The van der Waals surface area contributed by atoms with E-state index in [4.69, 9.17) is 0 Å². The molecule has 1 unspecified atom stereocenters. The highest BCUT2D eigenvalue weighted by Gasteiger charge is 2.14. The van der Waals surface area contributed by atoms with Gasteiger partial charge in [0.1, 0.15) is 10.8 Å². The smallest absolute Gasteiger partial charge is 0.205 e. The Labute approximate surface area is 149 Å². The first kappa shape index (κ1) is 17.0. The van der Waals surface area contributed by atoms with Crippen molar-refractivity contribution in [3.05, 3.63) is 59.7 Å². The molecule has 0 bridgehead atoms. The van der Waals surface area contributed by atoms with E-state index in [1.807, 2.05) is 43.3 Å². The minimum atomic E-state index is -1.27. The molecule has 0 saturated heterocycles. The van der Waals surface area contributed by atoms with Crippen molar-refractivity contribution in [1.29, 1.82) is 0 Å². The first-order chi connectivity index (χ1) is 11.7. The van der Waals surface area contributed by atoms with Gasteiger partial charge in [0.2, 0.25) is 4.34 Å². The third-order valence-electron chi connectivity index (χ3n) is 3.83. The van der Waals surface area contributed by atoms with Crippen LogP contribution in [0.1, 0.15) is 30.9 Å². The van der Waals surface area contributed by atoms with Crippen LogP contribution in [0.2, 0.25) is 0 Å². The van der Waals surface area contributed by atoms with Gasteiger partial charge in [-0.3, -0.25) is 0 Å². The molecule has 0 aliphatic rings. The van der Waals surface area contributed by atoms with E-state index in [0.29, 0.717) is 10.2 Å². The second kappa shape index (κ2) is 7.81. The van der Waals surface area contributed by atoms with E-state index >= 15 is 0 Å². The van der Waals surface area contributed by atoms with Crippen molar-refractivity contribution in [3.8, 4) is 11.4 Å². The molecule has 2 aromatic carbocycles. The van der Waals surface area contributed by atoms with Gasteiger partial charge in [0, 0.05) is 10.5 Å². The summed E-state index contributed by atoms with van der Waals surface area (Å²) < 4.78 is 17.5. The zero-order valence-electron chi connectivity index (χ0n) is 13.9. The van der Waals surface area contributed by atoms with E-state index in [1.165, 1.54) is 29.9 Å². The van der Waals surface area contributed by atoms with Crippen LogP contribution >= 0.6 is 11.5 Å². The molecule has 3 nitrogen and oxygen atoms in total. The van der Waals surface area contributed by atoms with Crippen LogP contribution in [0.5, 0.6) is 0 Å². The van der Waals surface area contributed by atoms with Crippen molar-refractivity contribution in [2.24, 2.45) is 0 Å². The molecule has 0 fully saturated rings. The van der Waals surface area contributed by atoms with E-state index in [-0.39, 0.29) is 0 Å². The van der Waals surface area contributed by atoms with Gasteiger partial charge in [-0.1, -0.05) is 55.3 Å². The highest BCUT2D eigenvalue weighted by Crippen LogP contribution is 2.24. The molecule has 1 heterocycles. The second-order valence-corrected chi connectivity index (χ2v) is 8.17. The van der Waals surface area contributed by atoms with E-state index in [0.717, 1.165) is 22.4 Å². The molecule has 0 saturated carbocycles. The number of benzene rings is 2. The Morgan fingerprint density at radius 3 is 2.42 bits per heavy atom. The zero-order valence-corrected chi connectivity index (χ0v) is 15.5. The van der Waals surface area contributed by atoms with Gasteiger partial charge < -0.3 is 0 Å². The van der Waals surface area contributed by atoms with Crippen molar-refractivity contribution < 1.29 is 4.21 Å². The number of aryl methyl sites for hydroxylation is 2. The summed E-state index contributed by atoms with van der Waals surface area (Å²) in [5.74, 6) is 0.650. The molecule has 0 N–H and O–H groups in total. The average Bonchev–Trinajstić information content (AvgIpc) is 3.10. The molecule has 0 amide bonds. The number of unbranched alkanes of at least 4 members (excludes halogenated alkanes) is 1. The van der Waals surface area contributed by atoms with Gasteiger partial charge in [-0.2, -0.15) is 4.37 Å². The van der Waals surface area contributed by atoms with E-state index in [2.05, 4.69) is 28.4 Å². The van der Waals surface area contributed by atoms with Gasteiger partial charge in [0.15, 0.2) is 5.82 Å². The lowest BCUT2D eigenvalue weighted by Crippen LogP contribution is -1.92. The van der Waals surface area contributed by atoms with Crippen molar-refractivity contribution in [2.75, 3.05) is 0 Å². The molecule has 124 valence electrons. The molecule has 5 heteroatoms. The van der Waals surface area contributed by atoms with Crippen LogP contribution in [0.15, 0.2) is 57.8 Å². The predicted molar refractivity (Wildman–Crippen MR) is 99.8 cm³/mol. The fourth-order valence-corrected chi connectivity index (χ4v) is 4.23. The first-order valence-electron chi connectivity index (χ1n) is 8.09. The molecule has 0 spiro atoms. The number of rotatable bonds is 6. The maximum atomic E-state index is 12.6. The Balaban J connectivity index is 1.77. The van der Waals surface area contributed by atoms with Crippen LogP contribution in [-0.4, -0.2) is 13.6 Å². The number of nitrogens with zero attached hydrogens (tertiary/aromatic N) is 2. The van der Waals surface area contributed by atoms with Crippen LogP contribution in [-0.2, 0) is 17.2 Å². The van der Waals surface area contributed by atoms with Gasteiger partial charge >= 0.3 is 0 Å². The SMILES string of the molecule is CCCCc1ccc(-c2nsc(S(=O)c3ccc(C)cc3)n2)cc1. The molecule has 3 rings (SSSR count). The number of hydrogen-bond acceptors (Lipinski definition) is 4. The molecular weight excluding hydrogens is 336 g/mol. The molecule has 1 aromatic heterocycles. The van der Waals surface area contributed by atoms with Gasteiger partial charge in [0.05, 0.1) is 0 Å². The maximum absolute atomic E-state index is 12.6. The maximum Gasteiger partial charge on any atom is 0.205 e. The van der Waals surface area contributed by atoms with Gasteiger partial charge in [0.25, 0.3) is 0 Å². The molecule has 3 aromatic rings. The van der Waals surface area contributed by atoms with Crippen molar-refractivity contribution >= 4 is 22.3 Å². The molecule has 0 aliphatic heterocycles. The van der Waals surface area contributed by atoms with Crippen LogP contribution in [0, 0.1) is 6.92 Å². The van der Waals surface area contributed by atoms with Crippen LogP contribution < -0.4 is 0 Å². The van der Waals surface area contributed by atoms with Crippen LogP contribution in [0.3, 0.4) is 0 Å². The van der Waals surface area contributed by atoms with E-state index in [1.54, 1.807) is 0 Å². The quantitative estimate of drug-likeness (QED) is 0.622. The molecule has 0 radical (unpaired) electrons. The summed E-state index contributed by atoms with van der Waals surface area (Å²) >= 11 is 1.21. The Morgan fingerprint density at radius 1 is 1.04 bits per heavy atom. The summed E-state index contributed by atoms with van der Waals surface area (Å²) in [6, 6.07) is 16.0. The van der Waals surface area contributed by atoms with Crippen LogP contribution in [0.4, 0.5) is 0 Å². The predicted octanol–water partition coefficient (Wildman–Crippen LogP) is 5.02. The highest BCUT2D eigenvalue weighted by atomic mass is 32.2. The fourth-order valence-electron chi connectivity index (χ4n) is 2.37. The van der Waals surface area contributed by atoms with E-state index < -0.39 is 10.8 Å². The molecule has 1 atom stereocenters. The second-order valence-electron chi connectivity index (χ2n) is 5.77. The summed E-state index contributed by atoms with van der Waals surface area (Å²) in [7, 11) is -1.27. The molecule has 24 heavy (non-hydrogen) atoms. The number of hydrogen-bond donors (Lipinski definition) is 0. The van der Waals surface area contributed by atoms with Gasteiger partial charge in [-0.05, 0) is 49.0 Å². The van der Waals surface area contributed by atoms with Crippen molar-refractivity contribution in [3.63, 3.8) is 0 Å². The van der Waals surface area contributed by atoms with Gasteiger partial charge in [-0.15, -0.1) is 0 Å². The van der Waals surface area contributed by atoms with E-state index in [9.17, 15) is 4.21 Å². The summed E-state index contributed by atoms with van der Waals surface area (Å²) in [6.45, 7) is 4.21. The Morgan fingerprint density at radius 2 is 1.75 bits per heavy atom. The minimum Gasteiger partial charge on any atom is -0.247 e. The standard InChI is InChI=1S/C19H20N2OS2/c1-3-4-5-15-8-10-16(11-9-15)18-20-19(23-21-18)24(22)17-12-6-14(2)7-13-17/h6-13H,3-5H2,1-2H3. The summed E-state index contributed by atoms with van der Waals surface area (Å²) in [5, 5.41) is 0. The summed E-state index contributed by atoms with van der Waals surface area (Å²) in [4.78, 5) is 5.24. The van der Waals surface area contributed by atoms with Crippen molar-refractivity contribution in [2.45, 2.75) is 42.3 Å². The number of aromatic nitrogens is 2. The minimum absolute atomic E-state index is 0.545. The lowest BCUT2D eigenvalue weighted by atomic mass is 10.1. The third kappa shape index (κ3) is 3.97. The monoisotopic (exact) mass is 356 g/mol. The topological polar surface area (TPSA) is 42.9 Å². The largest absolute Gasteiger partial charge is 0.247 e. The van der Waals surface area contributed by atoms with Crippen LogP contribution in [0.25, 0.3) is 11.4 Å². The van der Waals surface area contributed by atoms with Gasteiger partial charge in [-0.25, -0.2) is 9.19 Å². The molecular formula is C19H20N2OS2. The lowest BCUT2D eigenvalue weighted by molar-refractivity contribution is 0.682. The summed E-state index contributed by atoms with van der Waals surface area (Å²) in [5.41, 5.74) is 3.45. The summed E-state index contributed by atoms with van der Waals surface area (Å²) in [6.07, 6.45) is 3.50. The lowest BCUT2D eigenvalue weighted by Gasteiger charge is -2.01. The fraction of sp³-hybridized carbons (Fsp3) is 0.263. The Kier molecular flexibility index (Phi) is 5.53. The molecule has 0 aliphatic carbocycles. The third-order valence-corrected chi connectivity index (χ3v) is 6.13. The Hall–Kier alpha value is -1.85. The highest BCUT2D eigenvalue weighted by molar-refractivity contribution is 7.87. The first-order valence-corrected chi connectivity index (χ1v) is 10.0.